The first kappa shape index (κ1) is 19.0. The van der Waals surface area contributed by atoms with Gasteiger partial charge in [0.2, 0.25) is 0 Å². The quantitative estimate of drug-likeness (QED) is 0.849. The average Bonchev–Trinajstić information content (AvgIpc) is 2.58. The summed E-state index contributed by atoms with van der Waals surface area (Å²) in [7, 11) is 0. The van der Waals surface area contributed by atoms with Crippen LogP contribution in [0.1, 0.15) is 47.0 Å². The zero-order chi connectivity index (χ0) is 18.6. The summed E-state index contributed by atoms with van der Waals surface area (Å²) in [5, 5.41) is 13.1. The highest BCUT2D eigenvalue weighted by Crippen LogP contribution is 2.31. The number of aliphatic hydroxyl groups is 1. The van der Waals surface area contributed by atoms with Crippen molar-refractivity contribution in [3.63, 3.8) is 0 Å². The average molecular weight is 351 g/mol. The van der Waals surface area contributed by atoms with E-state index >= 15 is 0 Å². The third kappa shape index (κ3) is 5.06. The monoisotopic (exact) mass is 351 g/mol. The molecule has 2 aromatic carbocycles. The van der Waals surface area contributed by atoms with Gasteiger partial charge in [0.15, 0.2) is 0 Å². The standard InChI is InChI=1S/C19H20F3NO2/c1-12(2)11-23-18(25)15-5-3-13(4-6-15)17(24)14-7-9-16(10-8-14)19(20,21)22/h3-10,12,17,24H,11H2,1-2H3,(H,23,25). The Labute approximate surface area is 144 Å². The molecule has 0 saturated carbocycles. The minimum atomic E-state index is -4.41. The van der Waals surface area contributed by atoms with Crippen LogP contribution < -0.4 is 5.32 Å². The van der Waals surface area contributed by atoms with Gasteiger partial charge in [0.1, 0.15) is 6.10 Å². The van der Waals surface area contributed by atoms with Gasteiger partial charge < -0.3 is 10.4 Å². The van der Waals surface area contributed by atoms with Crippen LogP contribution in [0.5, 0.6) is 0 Å². The summed E-state index contributed by atoms with van der Waals surface area (Å²) in [4.78, 5) is 12.0. The van der Waals surface area contributed by atoms with Crippen LogP contribution in [-0.4, -0.2) is 17.6 Å². The Morgan fingerprint density at radius 1 is 1.00 bits per heavy atom. The molecule has 0 saturated heterocycles. The van der Waals surface area contributed by atoms with Crippen molar-refractivity contribution in [1.29, 1.82) is 0 Å². The van der Waals surface area contributed by atoms with Crippen LogP contribution in [0.4, 0.5) is 13.2 Å². The molecular formula is C19H20F3NO2. The van der Waals surface area contributed by atoms with E-state index in [0.29, 0.717) is 29.2 Å². The van der Waals surface area contributed by atoms with Gasteiger partial charge in [-0.1, -0.05) is 38.1 Å². The zero-order valence-electron chi connectivity index (χ0n) is 14.0. The predicted octanol–water partition coefficient (Wildman–Crippen LogP) is 4.17. The molecule has 2 N–H and O–H groups in total. The second-order valence-electron chi connectivity index (χ2n) is 6.25. The smallest absolute Gasteiger partial charge is 0.384 e. The topological polar surface area (TPSA) is 49.3 Å². The summed E-state index contributed by atoms with van der Waals surface area (Å²) in [5.41, 5.74) is 0.551. The molecular weight excluding hydrogens is 331 g/mol. The molecule has 0 aliphatic rings. The molecule has 0 aliphatic heterocycles. The van der Waals surface area contributed by atoms with E-state index in [0.717, 1.165) is 12.1 Å². The van der Waals surface area contributed by atoms with Gasteiger partial charge in [-0.3, -0.25) is 4.79 Å². The van der Waals surface area contributed by atoms with Crippen molar-refractivity contribution in [3.05, 3.63) is 70.8 Å². The molecule has 3 nitrogen and oxygen atoms in total. The Hall–Kier alpha value is -2.34. The first-order chi connectivity index (χ1) is 11.7. The molecule has 0 aromatic heterocycles. The van der Waals surface area contributed by atoms with E-state index in [2.05, 4.69) is 5.32 Å². The lowest BCUT2D eigenvalue weighted by Crippen LogP contribution is -2.27. The molecule has 0 radical (unpaired) electrons. The summed E-state index contributed by atoms with van der Waals surface area (Å²) in [6.07, 6.45) is -5.47. The van der Waals surface area contributed by atoms with Gasteiger partial charge in [-0.2, -0.15) is 13.2 Å². The fourth-order valence-corrected chi connectivity index (χ4v) is 2.26. The van der Waals surface area contributed by atoms with Crippen molar-refractivity contribution in [2.75, 3.05) is 6.54 Å². The Morgan fingerprint density at radius 2 is 1.48 bits per heavy atom. The first-order valence-electron chi connectivity index (χ1n) is 7.92. The van der Waals surface area contributed by atoms with E-state index in [4.69, 9.17) is 0 Å². The molecule has 0 aliphatic carbocycles. The molecule has 1 atom stereocenters. The highest BCUT2D eigenvalue weighted by atomic mass is 19.4. The van der Waals surface area contributed by atoms with Crippen molar-refractivity contribution >= 4 is 5.91 Å². The van der Waals surface area contributed by atoms with Crippen LogP contribution in [0.15, 0.2) is 48.5 Å². The van der Waals surface area contributed by atoms with Crippen LogP contribution in [0, 0.1) is 5.92 Å². The Bertz CT molecular complexity index is 707. The zero-order valence-corrected chi connectivity index (χ0v) is 14.0. The number of amides is 1. The second kappa shape index (κ2) is 7.70. The van der Waals surface area contributed by atoms with E-state index < -0.39 is 17.8 Å². The molecule has 0 bridgehead atoms. The molecule has 1 amide bonds. The third-order valence-electron chi connectivity index (χ3n) is 3.71. The van der Waals surface area contributed by atoms with Gasteiger partial charge in [0.05, 0.1) is 5.56 Å². The van der Waals surface area contributed by atoms with Crippen LogP contribution >= 0.6 is 0 Å². The lowest BCUT2D eigenvalue weighted by atomic mass is 9.99. The molecule has 25 heavy (non-hydrogen) atoms. The molecule has 6 heteroatoms. The lowest BCUT2D eigenvalue weighted by Gasteiger charge is -2.14. The van der Waals surface area contributed by atoms with Gasteiger partial charge >= 0.3 is 6.18 Å². The van der Waals surface area contributed by atoms with Crippen LogP contribution in [-0.2, 0) is 6.18 Å². The fraction of sp³-hybridized carbons (Fsp3) is 0.316. The molecule has 1 unspecified atom stereocenters. The van der Waals surface area contributed by atoms with Crippen LogP contribution in [0.3, 0.4) is 0 Å². The van der Waals surface area contributed by atoms with Crippen molar-refractivity contribution in [2.45, 2.75) is 26.1 Å². The third-order valence-corrected chi connectivity index (χ3v) is 3.71. The lowest BCUT2D eigenvalue weighted by molar-refractivity contribution is -0.137. The highest BCUT2D eigenvalue weighted by Gasteiger charge is 2.30. The Balaban J connectivity index is 2.09. The summed E-state index contributed by atoms with van der Waals surface area (Å²) < 4.78 is 37.7. The minimum Gasteiger partial charge on any atom is -0.384 e. The van der Waals surface area contributed by atoms with Gasteiger partial charge in [-0.15, -0.1) is 0 Å². The van der Waals surface area contributed by atoms with Crippen molar-refractivity contribution in [3.8, 4) is 0 Å². The number of carbonyl (C=O) groups excluding carboxylic acids is 1. The van der Waals surface area contributed by atoms with E-state index in [1.54, 1.807) is 24.3 Å². The Kier molecular flexibility index (Phi) is 5.85. The number of halogens is 3. The Morgan fingerprint density at radius 3 is 1.92 bits per heavy atom. The summed E-state index contributed by atoms with van der Waals surface area (Å²) in [6.45, 7) is 4.54. The number of benzene rings is 2. The highest BCUT2D eigenvalue weighted by molar-refractivity contribution is 5.94. The van der Waals surface area contributed by atoms with E-state index in [-0.39, 0.29) is 5.91 Å². The van der Waals surface area contributed by atoms with Gasteiger partial charge in [0, 0.05) is 12.1 Å². The molecule has 0 heterocycles. The van der Waals surface area contributed by atoms with Crippen molar-refractivity contribution < 1.29 is 23.1 Å². The number of nitrogens with one attached hydrogen (secondary N) is 1. The minimum absolute atomic E-state index is 0.204. The molecule has 0 fully saturated rings. The van der Waals surface area contributed by atoms with Crippen LogP contribution in [0.2, 0.25) is 0 Å². The maximum Gasteiger partial charge on any atom is 0.416 e. The summed E-state index contributed by atoms with van der Waals surface area (Å²) in [5.74, 6) is 0.133. The van der Waals surface area contributed by atoms with Crippen LogP contribution in [0.25, 0.3) is 0 Å². The maximum absolute atomic E-state index is 12.6. The number of hydrogen-bond acceptors (Lipinski definition) is 2. The second-order valence-corrected chi connectivity index (χ2v) is 6.25. The van der Waals surface area contributed by atoms with Gasteiger partial charge in [-0.25, -0.2) is 0 Å². The maximum atomic E-state index is 12.6. The van der Waals surface area contributed by atoms with E-state index in [1.807, 2.05) is 13.8 Å². The molecule has 2 aromatic rings. The summed E-state index contributed by atoms with van der Waals surface area (Å²) >= 11 is 0. The molecule has 2 rings (SSSR count). The van der Waals surface area contributed by atoms with Crippen molar-refractivity contribution in [2.24, 2.45) is 5.92 Å². The largest absolute Gasteiger partial charge is 0.416 e. The normalized spacial score (nSPS) is 12.9. The SMILES string of the molecule is CC(C)CNC(=O)c1ccc(C(O)c2ccc(C(F)(F)F)cc2)cc1. The fourth-order valence-electron chi connectivity index (χ4n) is 2.26. The number of carbonyl (C=O) groups is 1. The molecule has 0 spiro atoms. The van der Waals surface area contributed by atoms with Gasteiger partial charge in [-0.05, 0) is 41.3 Å². The predicted molar refractivity (Wildman–Crippen MR) is 89.1 cm³/mol. The van der Waals surface area contributed by atoms with Crippen molar-refractivity contribution in [1.82, 2.24) is 5.32 Å². The number of rotatable bonds is 5. The van der Waals surface area contributed by atoms with Gasteiger partial charge in [0.25, 0.3) is 5.91 Å². The number of alkyl halides is 3. The number of aliphatic hydroxyl groups excluding tert-OH is 1. The number of hydrogen-bond donors (Lipinski definition) is 2. The molecule has 134 valence electrons. The van der Waals surface area contributed by atoms with E-state index in [9.17, 15) is 23.1 Å². The summed E-state index contributed by atoms with van der Waals surface area (Å²) in [6, 6.07) is 10.7. The van der Waals surface area contributed by atoms with E-state index in [1.165, 1.54) is 12.1 Å². The first-order valence-corrected chi connectivity index (χ1v) is 7.92.